The smallest absolute Gasteiger partial charge is 0.270 e. The van der Waals surface area contributed by atoms with Crippen molar-refractivity contribution in [3.05, 3.63) is 52.7 Å². The van der Waals surface area contributed by atoms with E-state index in [4.69, 9.17) is 10.5 Å². The minimum absolute atomic E-state index is 0.00378. The van der Waals surface area contributed by atoms with E-state index in [2.05, 4.69) is 4.98 Å². The Bertz CT molecular complexity index is 841. The number of nitro benzene ring substituents is 1. The Kier molecular flexibility index (Phi) is 2.94. The number of aromatic nitrogens is 2. The van der Waals surface area contributed by atoms with Crippen molar-refractivity contribution in [3.63, 3.8) is 0 Å². The van der Waals surface area contributed by atoms with Crippen LogP contribution in [0.15, 0.2) is 42.6 Å². The number of nitrogens with two attached hydrogens (primary N) is 1. The highest BCUT2D eigenvalue weighted by Gasteiger charge is 2.16. The number of ether oxygens (including phenoxy) is 1. The van der Waals surface area contributed by atoms with Crippen LogP contribution in [0.4, 0.5) is 11.5 Å². The van der Waals surface area contributed by atoms with E-state index in [1.807, 2.05) is 0 Å². The maximum absolute atomic E-state index is 10.9. The first-order valence-electron chi connectivity index (χ1n) is 6.17. The summed E-state index contributed by atoms with van der Waals surface area (Å²) < 4.78 is 6.93. The zero-order chi connectivity index (χ0) is 15.0. The van der Waals surface area contributed by atoms with E-state index in [1.165, 1.54) is 12.1 Å². The maximum atomic E-state index is 10.9. The number of nitrogen functional groups attached to an aromatic ring is 1. The molecule has 0 saturated heterocycles. The highest BCUT2D eigenvalue weighted by Crippen LogP contribution is 2.31. The maximum Gasteiger partial charge on any atom is 0.270 e. The van der Waals surface area contributed by atoms with Crippen LogP contribution in [-0.4, -0.2) is 21.4 Å². The van der Waals surface area contributed by atoms with Gasteiger partial charge in [-0.2, -0.15) is 0 Å². The van der Waals surface area contributed by atoms with Crippen LogP contribution in [0.1, 0.15) is 0 Å². The number of non-ortho nitro benzene ring substituents is 1. The summed E-state index contributed by atoms with van der Waals surface area (Å²) in [6, 6.07) is 9.78. The van der Waals surface area contributed by atoms with Gasteiger partial charge in [-0.1, -0.05) is 12.1 Å². The monoisotopic (exact) mass is 284 g/mol. The van der Waals surface area contributed by atoms with Crippen LogP contribution >= 0.6 is 0 Å². The van der Waals surface area contributed by atoms with Crippen molar-refractivity contribution in [1.29, 1.82) is 0 Å². The van der Waals surface area contributed by atoms with E-state index in [1.54, 1.807) is 42.0 Å². The molecule has 7 heteroatoms. The summed E-state index contributed by atoms with van der Waals surface area (Å²) in [5.74, 6) is 0.991. The first kappa shape index (κ1) is 12.9. The van der Waals surface area contributed by atoms with Gasteiger partial charge in [-0.3, -0.25) is 14.5 Å². The predicted molar refractivity (Wildman–Crippen MR) is 78.2 cm³/mol. The minimum atomic E-state index is -0.448. The van der Waals surface area contributed by atoms with Gasteiger partial charge >= 0.3 is 0 Å². The van der Waals surface area contributed by atoms with Gasteiger partial charge in [0.25, 0.3) is 5.69 Å². The highest BCUT2D eigenvalue weighted by molar-refractivity contribution is 5.77. The molecule has 3 rings (SSSR count). The minimum Gasteiger partial charge on any atom is -0.493 e. The summed E-state index contributed by atoms with van der Waals surface area (Å²) in [5, 5.41) is 10.9. The molecule has 1 aromatic carbocycles. The van der Waals surface area contributed by atoms with E-state index < -0.39 is 4.92 Å². The number of imidazole rings is 1. The number of benzene rings is 1. The third kappa shape index (κ3) is 2.04. The average molecular weight is 284 g/mol. The van der Waals surface area contributed by atoms with Gasteiger partial charge in [0.2, 0.25) is 0 Å². The Morgan fingerprint density at radius 2 is 2.14 bits per heavy atom. The lowest BCUT2D eigenvalue weighted by atomic mass is 10.1. The predicted octanol–water partition coefficient (Wildman–Crippen LogP) is 2.50. The van der Waals surface area contributed by atoms with Gasteiger partial charge in [0, 0.05) is 23.9 Å². The molecule has 0 spiro atoms. The van der Waals surface area contributed by atoms with Crippen LogP contribution in [0.25, 0.3) is 16.9 Å². The largest absolute Gasteiger partial charge is 0.493 e. The number of fused-ring (bicyclic) bond motifs is 1. The Hall–Kier alpha value is -3.09. The second kappa shape index (κ2) is 4.78. The summed E-state index contributed by atoms with van der Waals surface area (Å²) >= 11 is 0. The molecule has 0 unspecified atom stereocenters. The Balaban J connectivity index is 2.23. The number of anilines is 1. The summed E-state index contributed by atoms with van der Waals surface area (Å²) in [6.45, 7) is 0. The van der Waals surface area contributed by atoms with Crippen LogP contribution in [0.3, 0.4) is 0 Å². The van der Waals surface area contributed by atoms with E-state index in [0.717, 1.165) is 0 Å². The normalized spacial score (nSPS) is 10.7. The average Bonchev–Trinajstić information content (AvgIpc) is 2.85. The number of nitro groups is 1. The first-order valence-corrected chi connectivity index (χ1v) is 6.17. The summed E-state index contributed by atoms with van der Waals surface area (Å²) in [5.41, 5.74) is 7.74. The third-order valence-corrected chi connectivity index (χ3v) is 3.20. The molecule has 0 amide bonds. The van der Waals surface area contributed by atoms with E-state index in [0.29, 0.717) is 28.5 Å². The number of hydrogen-bond acceptors (Lipinski definition) is 5. The van der Waals surface area contributed by atoms with Crippen molar-refractivity contribution in [2.24, 2.45) is 0 Å². The van der Waals surface area contributed by atoms with Crippen molar-refractivity contribution < 1.29 is 9.66 Å². The van der Waals surface area contributed by atoms with Crippen LogP contribution in [-0.2, 0) is 0 Å². The van der Waals surface area contributed by atoms with Gasteiger partial charge in [0.15, 0.2) is 11.4 Å². The van der Waals surface area contributed by atoms with Crippen molar-refractivity contribution >= 4 is 17.2 Å². The Morgan fingerprint density at radius 3 is 2.86 bits per heavy atom. The lowest BCUT2D eigenvalue weighted by molar-refractivity contribution is -0.384. The van der Waals surface area contributed by atoms with Gasteiger partial charge in [0.05, 0.1) is 12.0 Å². The van der Waals surface area contributed by atoms with Crippen LogP contribution in [0.5, 0.6) is 5.75 Å². The van der Waals surface area contributed by atoms with E-state index in [9.17, 15) is 10.1 Å². The van der Waals surface area contributed by atoms with Crippen LogP contribution in [0, 0.1) is 10.1 Å². The molecular weight excluding hydrogens is 272 g/mol. The molecule has 0 saturated carbocycles. The fourth-order valence-corrected chi connectivity index (χ4v) is 2.20. The second-order valence-electron chi connectivity index (χ2n) is 4.42. The quantitative estimate of drug-likeness (QED) is 0.589. The number of nitrogens with zero attached hydrogens (tertiary/aromatic N) is 3. The molecule has 21 heavy (non-hydrogen) atoms. The molecule has 106 valence electrons. The fourth-order valence-electron chi connectivity index (χ4n) is 2.20. The molecule has 2 heterocycles. The summed E-state index contributed by atoms with van der Waals surface area (Å²) in [6.07, 6.45) is 1.76. The molecule has 0 radical (unpaired) electrons. The van der Waals surface area contributed by atoms with E-state index >= 15 is 0 Å². The van der Waals surface area contributed by atoms with Gasteiger partial charge in [-0.25, -0.2) is 4.98 Å². The standard InChI is InChI=1S/C14H12N4O3/c1-21-11-6-3-7-17-13(15)12(16-14(11)17)9-4-2-5-10(8-9)18(19)20/h2-8H,15H2,1H3. The number of methoxy groups -OCH3 is 1. The van der Waals surface area contributed by atoms with Gasteiger partial charge < -0.3 is 10.5 Å². The number of hydrogen-bond donors (Lipinski definition) is 1. The SMILES string of the molecule is COc1cccn2c(N)c(-c3cccc([N+](=O)[O-])c3)nc12. The number of pyridine rings is 1. The van der Waals surface area contributed by atoms with Crippen molar-refractivity contribution in [1.82, 2.24) is 9.38 Å². The lowest BCUT2D eigenvalue weighted by Gasteiger charge is -2.01. The molecule has 0 aliphatic heterocycles. The zero-order valence-corrected chi connectivity index (χ0v) is 11.2. The molecule has 0 bridgehead atoms. The molecule has 0 aliphatic carbocycles. The van der Waals surface area contributed by atoms with Crippen LogP contribution in [0.2, 0.25) is 0 Å². The summed E-state index contributed by atoms with van der Waals surface area (Å²) in [7, 11) is 1.55. The van der Waals surface area contributed by atoms with E-state index in [-0.39, 0.29) is 5.69 Å². The number of rotatable bonds is 3. The fraction of sp³-hybridized carbons (Fsp3) is 0.0714. The molecule has 0 aliphatic rings. The third-order valence-electron chi connectivity index (χ3n) is 3.20. The molecule has 2 N–H and O–H groups in total. The molecular formula is C14H12N4O3. The Labute approximate surface area is 119 Å². The lowest BCUT2D eigenvalue weighted by Crippen LogP contribution is -1.95. The molecule has 3 aromatic rings. The van der Waals surface area contributed by atoms with Crippen molar-refractivity contribution in [2.45, 2.75) is 0 Å². The zero-order valence-electron chi connectivity index (χ0n) is 11.2. The van der Waals surface area contributed by atoms with Crippen molar-refractivity contribution in [3.8, 4) is 17.0 Å². The molecule has 0 fully saturated rings. The Morgan fingerprint density at radius 1 is 1.33 bits per heavy atom. The second-order valence-corrected chi connectivity index (χ2v) is 4.42. The van der Waals surface area contributed by atoms with Gasteiger partial charge in [-0.05, 0) is 12.1 Å². The topological polar surface area (TPSA) is 95.7 Å². The molecule has 7 nitrogen and oxygen atoms in total. The molecule has 2 aromatic heterocycles. The van der Waals surface area contributed by atoms with Crippen molar-refractivity contribution in [2.75, 3.05) is 12.8 Å². The van der Waals surface area contributed by atoms with Gasteiger partial charge in [-0.15, -0.1) is 0 Å². The highest BCUT2D eigenvalue weighted by atomic mass is 16.6. The summed E-state index contributed by atoms with van der Waals surface area (Å²) in [4.78, 5) is 14.9. The van der Waals surface area contributed by atoms with Crippen LogP contribution < -0.4 is 10.5 Å². The first-order chi connectivity index (χ1) is 10.1. The van der Waals surface area contributed by atoms with Gasteiger partial charge in [0.1, 0.15) is 11.5 Å². The molecule has 0 atom stereocenters.